The zero-order valence-electron chi connectivity index (χ0n) is 76.6. The van der Waals surface area contributed by atoms with Gasteiger partial charge in [-0.1, -0.05) is 38.5 Å². The number of carbonyl (C=O) groups is 3. The highest BCUT2D eigenvalue weighted by Crippen LogP contribution is 2.53. The molecule has 6 aromatic rings. The molecule has 0 spiro atoms. The van der Waals surface area contributed by atoms with Gasteiger partial charge >= 0.3 is 18.3 Å². The average molecular weight is 1970 g/mol. The van der Waals surface area contributed by atoms with Gasteiger partial charge in [-0.25, -0.2) is 53.7 Å². The lowest BCUT2D eigenvalue weighted by molar-refractivity contribution is -0.195. The number of hydrogen-bond acceptors (Lipinski definition) is 33. The van der Waals surface area contributed by atoms with E-state index in [1.807, 2.05) is 0 Å². The van der Waals surface area contributed by atoms with Gasteiger partial charge in [0.15, 0.2) is 100.0 Å². The Labute approximate surface area is 761 Å². The molecule has 9 aliphatic rings. The predicted molar refractivity (Wildman–Crippen MR) is 481 cm³/mol. The van der Waals surface area contributed by atoms with E-state index in [0.717, 1.165) is 77.0 Å². The van der Waals surface area contributed by atoms with Crippen molar-refractivity contribution in [2.24, 2.45) is 0 Å². The Morgan fingerprint density at radius 2 is 0.672 bits per heavy atom. The summed E-state index contributed by atoms with van der Waals surface area (Å²) in [6.45, 7) is 38.2. The number of ether oxygens (including phenoxy) is 12. The molecule has 3 saturated carbocycles. The summed E-state index contributed by atoms with van der Waals surface area (Å²) in [5, 5.41) is 14.7. The molecule has 0 bridgehead atoms. The topological polar surface area (TPSA) is 456 Å². The van der Waals surface area contributed by atoms with Crippen molar-refractivity contribution in [3.63, 3.8) is 0 Å². The van der Waals surface area contributed by atoms with Crippen LogP contribution in [-0.2, 0) is 100 Å². The third-order valence-electron chi connectivity index (χ3n) is 23.4. The minimum Gasteiger partial charge on any atom is -0.443 e. The number of anilines is 3. The SMILES string of the molecule is CC(C)(C)OC(=O)N(c1nc(Cl)nc2c1cnn2[C@@H]1O[C@H](CS(=O)(=O)CP(C)(C)=O)[C@H]2OC(C)(C)O[C@H]21)C1CCCC1.C[C@@H](P(C)(C)=O)S(=O)(=O)C[C@H]1O[C@@H](n2ncc3c(N(C(=O)OC(C)(C)C)C4CCCC4)nc(Cl)nc32)[C@@H]2OC(C)(C)O[C@@H]21.C[C@H](P(C)(C)=O)S(=O)(=O)C[C@H]1O[C@@H](n2ncc3c(N(C(=O)OC(C)(C)C)C4CCCC4)nc(Cl)nc32)[C@@H]2OC(C)(C)O[C@@H]21. The van der Waals surface area contributed by atoms with Gasteiger partial charge in [0.05, 0.1) is 73.4 Å². The smallest absolute Gasteiger partial charge is 0.416 e. The number of carbonyl (C=O) groups excluding carboxylic acids is 3. The number of nitrogens with zero attached hydrogens (tertiary/aromatic N) is 15. The molecule has 9 fully saturated rings. The van der Waals surface area contributed by atoms with Crippen LogP contribution >= 0.6 is 56.2 Å². The molecule has 6 aliphatic heterocycles. The molecule has 39 nitrogen and oxygen atoms in total. The van der Waals surface area contributed by atoms with Gasteiger partial charge in [0.1, 0.15) is 87.2 Å². The van der Waals surface area contributed by atoms with Gasteiger partial charge in [0.25, 0.3) is 0 Å². The van der Waals surface area contributed by atoms with Crippen molar-refractivity contribution < 1.29 is 110 Å². The summed E-state index contributed by atoms with van der Waals surface area (Å²) >= 11 is 19.3. The number of aromatic nitrogens is 12. The van der Waals surface area contributed by atoms with Crippen LogP contribution in [0.2, 0.25) is 15.9 Å². The Hall–Kier alpha value is -5.49. The van der Waals surface area contributed by atoms with E-state index in [4.69, 9.17) is 91.6 Å². The van der Waals surface area contributed by atoms with Gasteiger partial charge in [-0.2, -0.15) is 45.2 Å². The summed E-state index contributed by atoms with van der Waals surface area (Å²) in [5.74, 6) is -3.46. The van der Waals surface area contributed by atoms with Crippen LogP contribution in [0.25, 0.3) is 33.1 Å². The van der Waals surface area contributed by atoms with Crippen molar-refractivity contribution >= 4 is 155 Å². The quantitative estimate of drug-likeness (QED) is 0.0367. The standard InChI is InChI=1S/2C27H41ClN5O8PS.C26H39ClN5O8PS/c2*1-15(42(7,8)35)43(36,37)14-18-19-20(40-27(5,6)39-19)23(38-18)33-22-17(13-29-33)21(30-24(28)31-22)32(16-11-9-10-12-16)25(34)41-26(2,3)4;1-25(2,3)40-24(33)31(15-10-8-9-11-15)20-16-12-28-32(21(16)30-23(27)29-20)22-19-18(38-26(4,5)39-19)17(37-22)13-42(35,36)14-41(6,7)34/h2*13,15-16,18-20,23H,9-12,14H2,1-8H3;12,15,17-19,22H,8-11,13-14H2,1-7H3/t15-,18+,19+,20+,23+;15-,18-,19-,20-,23-;17-,18-,19-,22-/m011/s1. The van der Waals surface area contributed by atoms with Gasteiger partial charge in [-0.3, -0.25) is 14.7 Å². The Morgan fingerprint density at radius 3 is 0.906 bits per heavy atom. The first-order chi connectivity index (χ1) is 58.9. The fraction of sp³-hybridized carbons (Fsp3) is 0.775. The molecule has 128 heavy (non-hydrogen) atoms. The van der Waals surface area contributed by atoms with Crippen LogP contribution < -0.4 is 14.7 Å². The summed E-state index contributed by atoms with van der Waals surface area (Å²) in [6.07, 6.45) is 3.44. The van der Waals surface area contributed by atoms with Crippen LogP contribution in [0, 0.1) is 0 Å². The summed E-state index contributed by atoms with van der Waals surface area (Å²) < 4.78 is 194. The summed E-state index contributed by atoms with van der Waals surface area (Å²) in [6, 6.07) is -0.424. The minimum atomic E-state index is -3.83. The van der Waals surface area contributed by atoms with Gasteiger partial charge in [-0.05, 0) is 231 Å². The molecule has 6 saturated heterocycles. The normalized spacial score (nSPS) is 26.9. The maximum Gasteiger partial charge on any atom is 0.416 e. The molecule has 14 atom stereocenters. The van der Waals surface area contributed by atoms with Crippen LogP contribution in [0.15, 0.2) is 18.6 Å². The second-order valence-corrected chi connectivity index (χ2v) is 59.8. The zero-order valence-corrected chi connectivity index (χ0v) is 84.0. The molecule has 3 amide bonds. The number of rotatable bonds is 21. The molecule has 714 valence electrons. The maximum atomic E-state index is 13.5. The zero-order chi connectivity index (χ0) is 94.2. The largest absolute Gasteiger partial charge is 0.443 e. The van der Waals surface area contributed by atoms with Gasteiger partial charge in [0.2, 0.25) is 15.9 Å². The highest BCUT2D eigenvalue weighted by Gasteiger charge is 2.62. The van der Waals surface area contributed by atoms with Crippen LogP contribution in [0.3, 0.4) is 0 Å². The Kier molecular flexibility index (Phi) is 28.3. The number of fused-ring (bicyclic) bond motifs is 6. The van der Waals surface area contributed by atoms with E-state index in [0.29, 0.717) is 16.2 Å². The molecule has 3 aliphatic carbocycles. The van der Waals surface area contributed by atoms with Crippen LogP contribution in [0.4, 0.5) is 31.8 Å². The molecule has 0 aromatic carbocycles. The molecular formula is C80H121Cl3N15O24P3S3. The second-order valence-electron chi connectivity index (χ2n) is 40.0. The van der Waals surface area contributed by atoms with Crippen LogP contribution in [-0.4, -0.2) is 283 Å². The van der Waals surface area contributed by atoms with E-state index in [1.54, 1.807) is 119 Å². The van der Waals surface area contributed by atoms with E-state index in [-0.39, 0.29) is 68.4 Å². The third kappa shape index (κ3) is 22.5. The highest BCUT2D eigenvalue weighted by atomic mass is 35.5. The monoisotopic (exact) mass is 1970 g/mol. The van der Waals surface area contributed by atoms with Crippen LogP contribution in [0.5, 0.6) is 0 Å². The molecule has 0 N–H and O–H groups in total. The maximum absolute atomic E-state index is 13.5. The molecule has 0 unspecified atom stereocenters. The number of hydrogen-bond donors (Lipinski definition) is 0. The minimum absolute atomic E-state index is 0.106. The van der Waals surface area contributed by atoms with E-state index in [2.05, 4.69) is 45.2 Å². The summed E-state index contributed by atoms with van der Waals surface area (Å²) in [7, 11) is -20.1. The summed E-state index contributed by atoms with van der Waals surface area (Å²) in [4.78, 5) is 69.7. The van der Waals surface area contributed by atoms with E-state index in [9.17, 15) is 53.3 Å². The van der Waals surface area contributed by atoms with Crippen molar-refractivity contribution in [2.75, 3.05) is 77.4 Å². The van der Waals surface area contributed by atoms with Gasteiger partial charge in [-0.15, -0.1) is 0 Å². The first-order valence-corrected chi connectivity index (χ1v) is 57.5. The first kappa shape index (κ1) is 100.0. The second kappa shape index (κ2) is 36.3. The Bertz CT molecular complexity index is 5470. The number of halogens is 3. The lowest BCUT2D eigenvalue weighted by Gasteiger charge is -2.31. The van der Waals surface area contributed by atoms with Crippen LogP contribution in [0.1, 0.15) is 213 Å². The Morgan fingerprint density at radius 1 is 0.430 bits per heavy atom. The first-order valence-electron chi connectivity index (χ1n) is 43.0. The number of sulfone groups is 3. The van der Waals surface area contributed by atoms with E-state index < -0.39 is 210 Å². The van der Waals surface area contributed by atoms with E-state index >= 15 is 0 Å². The molecule has 48 heteroatoms. The molecular weight excluding hydrogens is 1850 g/mol. The predicted octanol–water partition coefficient (Wildman–Crippen LogP) is 14.5. The van der Waals surface area contributed by atoms with Crippen molar-refractivity contribution in [3.8, 4) is 0 Å². The molecule has 15 rings (SSSR count). The fourth-order valence-corrected chi connectivity index (χ4v) is 31.8. The van der Waals surface area contributed by atoms with Crippen molar-refractivity contribution in [1.82, 2.24) is 59.2 Å². The summed E-state index contributed by atoms with van der Waals surface area (Å²) in [5.41, 5.74) is -1.79. The third-order valence-corrected chi connectivity index (χ3v) is 40.9. The van der Waals surface area contributed by atoms with Gasteiger partial charge in [0, 0.05) is 18.1 Å². The van der Waals surface area contributed by atoms with Crippen molar-refractivity contribution in [3.05, 3.63) is 34.4 Å². The van der Waals surface area contributed by atoms with Crippen molar-refractivity contribution in [1.29, 1.82) is 0 Å². The fourth-order valence-electron chi connectivity index (χ4n) is 17.7. The van der Waals surface area contributed by atoms with Crippen molar-refractivity contribution in [2.45, 2.75) is 331 Å². The Balaban J connectivity index is 0.000000164. The lowest BCUT2D eigenvalue weighted by atomic mass is 10.1. The molecule has 0 radical (unpaired) electrons. The number of amides is 3. The molecule has 6 aromatic heterocycles. The lowest BCUT2D eigenvalue weighted by Crippen LogP contribution is -2.43. The average Bonchev–Trinajstić information content (AvgIpc) is 1.60. The van der Waals surface area contributed by atoms with Gasteiger partial charge < -0.3 is 70.5 Å². The van der Waals surface area contributed by atoms with E-state index in [1.165, 1.54) is 86.5 Å². The molecule has 12 heterocycles. The highest BCUT2D eigenvalue weighted by molar-refractivity contribution is 8.00.